The maximum Gasteiger partial charge on any atom is 0.224 e. The van der Waals surface area contributed by atoms with Gasteiger partial charge in [-0.15, -0.1) is 0 Å². The van der Waals surface area contributed by atoms with Crippen molar-refractivity contribution in [2.45, 2.75) is 32.3 Å². The van der Waals surface area contributed by atoms with Crippen LogP contribution in [0.3, 0.4) is 0 Å². The average Bonchev–Trinajstić information content (AvgIpc) is 2.79. The molecule has 0 saturated carbocycles. The molecular formula is C24H21Br2N3O4. The van der Waals surface area contributed by atoms with Crippen LogP contribution in [0.25, 0.3) is 0 Å². The number of benzene rings is 2. The van der Waals surface area contributed by atoms with Gasteiger partial charge >= 0.3 is 0 Å². The molecule has 170 valence electrons. The number of nitrogens with zero attached hydrogens (tertiary/aromatic N) is 1. The van der Waals surface area contributed by atoms with Gasteiger partial charge in [0.25, 0.3) is 0 Å². The van der Waals surface area contributed by atoms with E-state index in [9.17, 15) is 14.7 Å². The van der Waals surface area contributed by atoms with Gasteiger partial charge in [0.05, 0.1) is 11.4 Å². The molecule has 2 aliphatic heterocycles. The molecule has 3 N–H and O–H groups in total. The van der Waals surface area contributed by atoms with Gasteiger partial charge in [0.1, 0.15) is 18.1 Å². The zero-order valence-electron chi connectivity index (χ0n) is 17.5. The number of carbonyl (C=O) groups excluding carboxylic acids is 2. The van der Waals surface area contributed by atoms with E-state index in [1.165, 1.54) is 0 Å². The number of aromatic hydroxyl groups is 1. The van der Waals surface area contributed by atoms with Crippen molar-refractivity contribution in [3.8, 4) is 11.5 Å². The number of halogens is 2. The van der Waals surface area contributed by atoms with Crippen molar-refractivity contribution in [3.63, 3.8) is 0 Å². The number of ether oxygens (including phenoxy) is 1. The number of aryl methyl sites for hydroxylation is 2. The van der Waals surface area contributed by atoms with Gasteiger partial charge in [-0.05, 0) is 65.9 Å². The molecule has 0 saturated heterocycles. The SMILES string of the molecule is O=C1CCc2cc(Br)cc(O)c2N1.O=C1CCc2cc(Br)cc(OCc3ccncc3)c2N1. The van der Waals surface area contributed by atoms with Crippen molar-refractivity contribution in [3.05, 3.63) is 74.4 Å². The summed E-state index contributed by atoms with van der Waals surface area (Å²) >= 11 is 6.76. The Bertz CT molecular complexity index is 1200. The Morgan fingerprint density at radius 1 is 0.848 bits per heavy atom. The van der Waals surface area contributed by atoms with Gasteiger partial charge in [-0.3, -0.25) is 14.6 Å². The minimum Gasteiger partial charge on any atom is -0.506 e. The highest BCUT2D eigenvalue weighted by Crippen LogP contribution is 2.36. The predicted octanol–water partition coefficient (Wildman–Crippen LogP) is 5.35. The Morgan fingerprint density at radius 3 is 2.09 bits per heavy atom. The Labute approximate surface area is 207 Å². The van der Waals surface area contributed by atoms with Gasteiger partial charge in [-0.25, -0.2) is 0 Å². The topological polar surface area (TPSA) is 101 Å². The Hall–Kier alpha value is -2.91. The number of nitrogens with one attached hydrogen (secondary N) is 2. The molecule has 33 heavy (non-hydrogen) atoms. The number of rotatable bonds is 3. The summed E-state index contributed by atoms with van der Waals surface area (Å²) in [5.41, 5.74) is 4.46. The van der Waals surface area contributed by atoms with Gasteiger partial charge in [0.2, 0.25) is 11.8 Å². The van der Waals surface area contributed by atoms with Crippen molar-refractivity contribution >= 4 is 55.0 Å². The quantitative estimate of drug-likeness (QED) is 0.366. The van der Waals surface area contributed by atoms with Crippen LogP contribution in [-0.4, -0.2) is 21.9 Å². The summed E-state index contributed by atoms with van der Waals surface area (Å²) in [6, 6.07) is 11.2. The lowest BCUT2D eigenvalue weighted by Crippen LogP contribution is -2.19. The van der Waals surface area contributed by atoms with Crippen LogP contribution in [0.15, 0.2) is 57.7 Å². The van der Waals surface area contributed by atoms with Crippen LogP contribution in [0.5, 0.6) is 11.5 Å². The zero-order chi connectivity index (χ0) is 23.4. The van der Waals surface area contributed by atoms with E-state index in [4.69, 9.17) is 4.74 Å². The zero-order valence-corrected chi connectivity index (χ0v) is 20.7. The molecule has 5 rings (SSSR count). The summed E-state index contributed by atoms with van der Waals surface area (Å²) in [5.74, 6) is 0.815. The number of pyridine rings is 1. The van der Waals surface area contributed by atoms with Crippen LogP contribution < -0.4 is 15.4 Å². The fourth-order valence-corrected chi connectivity index (χ4v) is 4.60. The maximum absolute atomic E-state index is 11.6. The minimum atomic E-state index is -0.0369. The van der Waals surface area contributed by atoms with Crippen LogP contribution in [-0.2, 0) is 29.0 Å². The monoisotopic (exact) mass is 573 g/mol. The van der Waals surface area contributed by atoms with Gasteiger partial charge in [-0.1, -0.05) is 31.9 Å². The Morgan fingerprint density at radius 2 is 1.42 bits per heavy atom. The van der Waals surface area contributed by atoms with E-state index in [1.54, 1.807) is 18.5 Å². The second-order valence-corrected chi connectivity index (χ2v) is 9.47. The molecule has 2 aliphatic rings. The molecule has 0 atom stereocenters. The Balaban J connectivity index is 0.000000172. The molecule has 0 radical (unpaired) electrons. The van der Waals surface area contributed by atoms with E-state index in [0.717, 1.165) is 37.7 Å². The van der Waals surface area contributed by atoms with Crippen LogP contribution in [0, 0.1) is 0 Å². The highest BCUT2D eigenvalue weighted by Gasteiger charge is 2.20. The summed E-state index contributed by atoms with van der Waals surface area (Å²) in [4.78, 5) is 26.6. The van der Waals surface area contributed by atoms with Gasteiger partial charge in [0, 0.05) is 34.2 Å². The summed E-state index contributed by atoms with van der Waals surface area (Å²) in [6.07, 6.45) is 5.91. The molecule has 0 fully saturated rings. The van der Waals surface area contributed by atoms with Gasteiger partial charge in [0.15, 0.2) is 0 Å². The third kappa shape index (κ3) is 5.91. The molecule has 0 unspecified atom stereocenters. The lowest BCUT2D eigenvalue weighted by Gasteiger charge is -2.21. The van der Waals surface area contributed by atoms with Crippen molar-refractivity contribution < 1.29 is 19.4 Å². The van der Waals surface area contributed by atoms with Crippen LogP contribution in [0.1, 0.15) is 29.5 Å². The molecule has 2 amide bonds. The molecule has 9 heteroatoms. The number of phenolic OH excluding ortho intramolecular Hbond substituents is 1. The minimum absolute atomic E-state index is 0.0357. The molecule has 3 aromatic rings. The molecule has 0 spiro atoms. The highest BCUT2D eigenvalue weighted by atomic mass is 79.9. The lowest BCUT2D eigenvalue weighted by molar-refractivity contribution is -0.117. The standard InChI is InChI=1S/C15H13BrN2O2.C9H8BrNO2/c16-12-7-11-1-2-14(19)18-15(11)13(8-12)20-9-10-3-5-17-6-4-10;10-6-3-5-1-2-8(13)11-9(5)7(12)4-6/h3-8H,1-2,9H2,(H,18,19);3-4,12H,1-2H2,(H,11,13). The predicted molar refractivity (Wildman–Crippen MR) is 132 cm³/mol. The van der Waals surface area contributed by atoms with Crippen LogP contribution >= 0.6 is 31.9 Å². The van der Waals surface area contributed by atoms with Crippen LogP contribution in [0.4, 0.5) is 11.4 Å². The molecule has 0 bridgehead atoms. The summed E-state index contributed by atoms with van der Waals surface area (Å²) in [6.45, 7) is 0.446. The van der Waals surface area contributed by atoms with Crippen LogP contribution in [0.2, 0.25) is 0 Å². The lowest BCUT2D eigenvalue weighted by atomic mass is 10.0. The number of carbonyl (C=O) groups is 2. The smallest absolute Gasteiger partial charge is 0.224 e. The normalized spacial score (nSPS) is 14.1. The average molecular weight is 575 g/mol. The number of hydrogen-bond donors (Lipinski definition) is 3. The number of amides is 2. The molecular weight excluding hydrogens is 554 g/mol. The van der Waals surface area contributed by atoms with E-state index in [1.807, 2.05) is 30.3 Å². The maximum atomic E-state index is 11.6. The number of hydrogen-bond acceptors (Lipinski definition) is 5. The van der Waals surface area contributed by atoms with E-state index in [-0.39, 0.29) is 17.6 Å². The molecule has 7 nitrogen and oxygen atoms in total. The third-order valence-electron chi connectivity index (χ3n) is 5.23. The highest BCUT2D eigenvalue weighted by molar-refractivity contribution is 9.10. The fraction of sp³-hybridized carbons (Fsp3) is 0.208. The summed E-state index contributed by atoms with van der Waals surface area (Å²) in [7, 11) is 0. The Kier molecular flexibility index (Phi) is 7.29. The number of aromatic nitrogens is 1. The number of anilines is 2. The van der Waals surface area contributed by atoms with E-state index in [0.29, 0.717) is 37.3 Å². The molecule has 1 aromatic heterocycles. The van der Waals surface area contributed by atoms with Crippen molar-refractivity contribution in [2.75, 3.05) is 10.6 Å². The molecule has 0 aliphatic carbocycles. The largest absolute Gasteiger partial charge is 0.506 e. The first-order valence-electron chi connectivity index (χ1n) is 10.3. The van der Waals surface area contributed by atoms with Gasteiger partial charge < -0.3 is 20.5 Å². The molecule has 3 heterocycles. The first-order valence-corrected chi connectivity index (χ1v) is 11.9. The van der Waals surface area contributed by atoms with Crippen molar-refractivity contribution in [1.29, 1.82) is 0 Å². The summed E-state index contributed by atoms with van der Waals surface area (Å²) in [5, 5.41) is 15.1. The van der Waals surface area contributed by atoms with E-state index < -0.39 is 0 Å². The first-order chi connectivity index (χ1) is 15.9. The number of phenols is 1. The fourth-order valence-electron chi connectivity index (χ4n) is 3.62. The second-order valence-electron chi connectivity index (χ2n) is 7.64. The van der Waals surface area contributed by atoms with Crippen molar-refractivity contribution in [2.24, 2.45) is 0 Å². The van der Waals surface area contributed by atoms with E-state index in [2.05, 4.69) is 47.5 Å². The summed E-state index contributed by atoms with van der Waals surface area (Å²) < 4.78 is 7.64. The molecule has 2 aromatic carbocycles. The van der Waals surface area contributed by atoms with Gasteiger partial charge in [-0.2, -0.15) is 0 Å². The number of fused-ring (bicyclic) bond motifs is 2. The van der Waals surface area contributed by atoms with E-state index >= 15 is 0 Å². The van der Waals surface area contributed by atoms with Crippen molar-refractivity contribution in [1.82, 2.24) is 4.98 Å². The second kappa shape index (κ2) is 10.4. The third-order valence-corrected chi connectivity index (χ3v) is 6.14. The first kappa shape index (κ1) is 23.3.